The van der Waals surface area contributed by atoms with Crippen LogP contribution in [0.3, 0.4) is 0 Å². The predicted molar refractivity (Wildman–Crippen MR) is 106 cm³/mol. The number of amides is 2. The number of nitro groups is 1. The van der Waals surface area contributed by atoms with Gasteiger partial charge in [0.1, 0.15) is 6.54 Å². The maximum Gasteiger partial charge on any atom is 0.325 e. The average Bonchev–Trinajstić information content (AvgIpc) is 2.76. The molecule has 0 aromatic heterocycles. The molecule has 0 atom stereocenters. The summed E-state index contributed by atoms with van der Waals surface area (Å²) in [4.78, 5) is 57.2. The van der Waals surface area contributed by atoms with Crippen LogP contribution in [0.1, 0.15) is 34.1 Å². The molecule has 2 aromatic rings. The van der Waals surface area contributed by atoms with Crippen LogP contribution in [0.25, 0.3) is 0 Å². The third-order valence-corrected chi connectivity index (χ3v) is 3.89. The second-order valence-electron chi connectivity index (χ2n) is 6.05. The molecule has 0 saturated heterocycles. The maximum atomic E-state index is 12.1. The number of ether oxygens (including phenoxy) is 1. The second kappa shape index (κ2) is 10.5. The molecule has 10 heteroatoms. The highest BCUT2D eigenvalue weighted by Gasteiger charge is 2.14. The van der Waals surface area contributed by atoms with Crippen molar-refractivity contribution in [3.63, 3.8) is 0 Å². The number of nitrogens with one attached hydrogen (secondary N) is 2. The van der Waals surface area contributed by atoms with E-state index in [-0.39, 0.29) is 22.7 Å². The van der Waals surface area contributed by atoms with E-state index >= 15 is 0 Å². The number of hydrogen-bond acceptors (Lipinski definition) is 7. The zero-order valence-electron chi connectivity index (χ0n) is 16.0. The number of hydrogen-bond donors (Lipinski definition) is 2. The van der Waals surface area contributed by atoms with Gasteiger partial charge in [-0.1, -0.05) is 13.0 Å². The summed E-state index contributed by atoms with van der Waals surface area (Å²) in [6.45, 7) is 0.691. The molecule has 2 amide bonds. The summed E-state index contributed by atoms with van der Waals surface area (Å²) in [5.41, 5.74) is 0.594. The molecule has 0 aliphatic rings. The van der Waals surface area contributed by atoms with Gasteiger partial charge in [0.25, 0.3) is 11.6 Å². The molecule has 30 heavy (non-hydrogen) atoms. The van der Waals surface area contributed by atoms with Gasteiger partial charge in [-0.15, -0.1) is 0 Å². The Hall–Kier alpha value is -4.08. The first-order chi connectivity index (χ1) is 14.3. The standard InChI is InChI=1S/C20H19N3O7/c1-2-18(25)22-15-8-6-13(7-9-15)17(24)12-30-19(26)11-21-20(27)14-4-3-5-16(10-14)23(28)29/h3-10H,2,11-12H2,1H3,(H,21,27)(H,22,25). The van der Waals surface area contributed by atoms with Crippen molar-refractivity contribution in [3.05, 3.63) is 69.8 Å². The Morgan fingerprint density at radius 3 is 2.37 bits per heavy atom. The lowest BCUT2D eigenvalue weighted by molar-refractivity contribution is -0.384. The molecule has 0 saturated carbocycles. The average molecular weight is 413 g/mol. The summed E-state index contributed by atoms with van der Waals surface area (Å²) in [5.74, 6) is -2.14. The fourth-order valence-electron chi connectivity index (χ4n) is 2.28. The number of non-ortho nitro benzene ring substituents is 1. The van der Waals surface area contributed by atoms with Gasteiger partial charge < -0.3 is 15.4 Å². The highest BCUT2D eigenvalue weighted by atomic mass is 16.6. The molecular weight excluding hydrogens is 394 g/mol. The van der Waals surface area contributed by atoms with Crippen LogP contribution in [-0.4, -0.2) is 41.6 Å². The van der Waals surface area contributed by atoms with E-state index in [0.29, 0.717) is 12.1 Å². The highest BCUT2D eigenvalue weighted by molar-refractivity contribution is 5.99. The van der Waals surface area contributed by atoms with Crippen LogP contribution in [0, 0.1) is 10.1 Å². The number of anilines is 1. The molecule has 156 valence electrons. The summed E-state index contributed by atoms with van der Waals surface area (Å²) >= 11 is 0. The van der Waals surface area contributed by atoms with E-state index in [9.17, 15) is 29.3 Å². The first kappa shape index (κ1) is 22.2. The van der Waals surface area contributed by atoms with Crippen LogP contribution in [-0.2, 0) is 14.3 Å². The number of carbonyl (C=O) groups excluding carboxylic acids is 4. The lowest BCUT2D eigenvalue weighted by atomic mass is 10.1. The SMILES string of the molecule is CCC(=O)Nc1ccc(C(=O)COC(=O)CNC(=O)c2cccc([N+](=O)[O-])c2)cc1. The largest absolute Gasteiger partial charge is 0.456 e. The van der Waals surface area contributed by atoms with Gasteiger partial charge in [0.05, 0.1) is 4.92 Å². The molecule has 0 fully saturated rings. The third kappa shape index (κ3) is 6.51. The zero-order chi connectivity index (χ0) is 22.1. The van der Waals surface area contributed by atoms with E-state index in [2.05, 4.69) is 10.6 Å². The van der Waals surface area contributed by atoms with E-state index in [1.807, 2.05) is 0 Å². The molecule has 0 aliphatic carbocycles. The van der Waals surface area contributed by atoms with Crippen molar-refractivity contribution in [2.45, 2.75) is 13.3 Å². The smallest absolute Gasteiger partial charge is 0.325 e. The van der Waals surface area contributed by atoms with Crippen molar-refractivity contribution in [2.24, 2.45) is 0 Å². The van der Waals surface area contributed by atoms with Crippen LogP contribution < -0.4 is 10.6 Å². The first-order valence-electron chi connectivity index (χ1n) is 8.91. The number of nitrogens with zero attached hydrogens (tertiary/aromatic N) is 1. The highest BCUT2D eigenvalue weighted by Crippen LogP contribution is 2.13. The lowest BCUT2D eigenvalue weighted by Gasteiger charge is -2.07. The Labute approximate surface area is 171 Å². The molecule has 0 aliphatic heterocycles. The van der Waals surface area contributed by atoms with Crippen molar-refractivity contribution in [1.82, 2.24) is 5.32 Å². The number of carbonyl (C=O) groups is 4. The molecule has 0 spiro atoms. The van der Waals surface area contributed by atoms with Gasteiger partial charge in [-0.3, -0.25) is 29.3 Å². The first-order valence-corrected chi connectivity index (χ1v) is 8.91. The summed E-state index contributed by atoms with van der Waals surface area (Å²) in [6.07, 6.45) is 0.328. The van der Waals surface area contributed by atoms with Crippen LogP contribution in [0.5, 0.6) is 0 Å². The van der Waals surface area contributed by atoms with Gasteiger partial charge in [-0.05, 0) is 30.3 Å². The summed E-state index contributed by atoms with van der Waals surface area (Å²) in [5, 5.41) is 15.7. The van der Waals surface area contributed by atoms with Crippen molar-refractivity contribution in [2.75, 3.05) is 18.5 Å². The van der Waals surface area contributed by atoms with E-state index < -0.39 is 35.7 Å². The van der Waals surface area contributed by atoms with E-state index in [1.54, 1.807) is 19.1 Å². The van der Waals surface area contributed by atoms with E-state index in [1.165, 1.54) is 30.3 Å². The van der Waals surface area contributed by atoms with Gasteiger partial charge in [-0.2, -0.15) is 0 Å². The minimum atomic E-state index is -0.839. The van der Waals surface area contributed by atoms with Crippen LogP contribution in [0.4, 0.5) is 11.4 Å². The zero-order valence-corrected chi connectivity index (χ0v) is 16.0. The van der Waals surface area contributed by atoms with Crippen LogP contribution >= 0.6 is 0 Å². The van der Waals surface area contributed by atoms with E-state index in [4.69, 9.17) is 4.74 Å². The van der Waals surface area contributed by atoms with Crippen LogP contribution in [0.2, 0.25) is 0 Å². The summed E-state index contributed by atoms with van der Waals surface area (Å²) in [7, 11) is 0. The minimum absolute atomic E-state index is 0.0170. The van der Waals surface area contributed by atoms with Gasteiger partial charge in [-0.25, -0.2) is 0 Å². The van der Waals surface area contributed by atoms with Crippen LogP contribution in [0.15, 0.2) is 48.5 Å². The van der Waals surface area contributed by atoms with Gasteiger partial charge in [0.15, 0.2) is 12.4 Å². The normalized spacial score (nSPS) is 10.0. The second-order valence-corrected chi connectivity index (χ2v) is 6.05. The fraction of sp³-hybridized carbons (Fsp3) is 0.200. The molecule has 2 N–H and O–H groups in total. The molecule has 0 radical (unpaired) electrons. The minimum Gasteiger partial charge on any atom is -0.456 e. The Morgan fingerprint density at radius 1 is 1.03 bits per heavy atom. The Balaban J connectivity index is 1.80. The molecule has 2 rings (SSSR count). The van der Waals surface area contributed by atoms with Crippen molar-refractivity contribution in [1.29, 1.82) is 0 Å². The number of esters is 1. The van der Waals surface area contributed by atoms with Crippen molar-refractivity contribution >= 4 is 34.9 Å². The number of rotatable bonds is 9. The molecule has 0 heterocycles. The Morgan fingerprint density at radius 2 is 1.73 bits per heavy atom. The Bertz CT molecular complexity index is 971. The third-order valence-electron chi connectivity index (χ3n) is 3.89. The lowest BCUT2D eigenvalue weighted by Crippen LogP contribution is -2.31. The van der Waals surface area contributed by atoms with Gasteiger partial charge in [0.2, 0.25) is 5.91 Å². The topological polar surface area (TPSA) is 145 Å². The fourth-order valence-corrected chi connectivity index (χ4v) is 2.28. The molecule has 10 nitrogen and oxygen atoms in total. The summed E-state index contributed by atoms with van der Waals surface area (Å²) in [6, 6.07) is 11.1. The van der Waals surface area contributed by atoms with E-state index in [0.717, 1.165) is 6.07 Å². The molecule has 0 bridgehead atoms. The van der Waals surface area contributed by atoms with Crippen molar-refractivity contribution < 1.29 is 28.8 Å². The maximum absolute atomic E-state index is 12.1. The number of Topliss-reactive ketones (excluding diaryl/α,β-unsaturated/α-hetero) is 1. The quantitative estimate of drug-likeness (QED) is 0.277. The van der Waals surface area contributed by atoms with Gasteiger partial charge in [0, 0.05) is 35.4 Å². The monoisotopic (exact) mass is 413 g/mol. The van der Waals surface area contributed by atoms with Crippen molar-refractivity contribution in [3.8, 4) is 0 Å². The van der Waals surface area contributed by atoms with Gasteiger partial charge >= 0.3 is 5.97 Å². The molecule has 2 aromatic carbocycles. The molecular formula is C20H19N3O7. The molecule has 0 unspecified atom stereocenters. The number of benzene rings is 2. The number of nitro benzene ring substituents is 1. The number of ketones is 1. The predicted octanol–water partition coefficient (Wildman–Crippen LogP) is 2.10. The summed E-state index contributed by atoms with van der Waals surface area (Å²) < 4.78 is 4.84. The Kier molecular flexibility index (Phi) is 7.74.